The predicted octanol–water partition coefficient (Wildman–Crippen LogP) is 4.46. The molecule has 0 atom stereocenters. The van der Waals surface area contributed by atoms with Crippen molar-refractivity contribution in [3.05, 3.63) is 89.0 Å². The number of ether oxygens (including phenoxy) is 1. The number of amides is 1. The number of methoxy groups -OCH3 is 1. The van der Waals surface area contributed by atoms with Gasteiger partial charge in [0, 0.05) is 18.3 Å². The number of rotatable bonds is 8. The van der Waals surface area contributed by atoms with Crippen LogP contribution in [0.25, 0.3) is 0 Å². The van der Waals surface area contributed by atoms with E-state index in [1.807, 2.05) is 0 Å². The highest BCUT2D eigenvalue weighted by atomic mass is 35.5. The van der Waals surface area contributed by atoms with Crippen LogP contribution in [0.3, 0.4) is 0 Å². The van der Waals surface area contributed by atoms with Gasteiger partial charge in [-0.3, -0.25) is 4.79 Å². The molecule has 168 valence electrons. The molecule has 0 saturated heterocycles. The standard InChI is InChI=1S/C22H19ClF2N2O4S/c1-31-21-10-8-17(12-18(21)23)32(29,30)27(13-15-5-3-2-4-6-15)14-22(28)26-16-7-9-19(24)20(25)11-16/h2-12H,13-14H2,1H3,(H,26,28). The molecule has 10 heteroatoms. The van der Waals surface area contributed by atoms with Gasteiger partial charge in [0.1, 0.15) is 5.75 Å². The molecule has 3 aromatic rings. The first-order chi connectivity index (χ1) is 15.2. The molecule has 0 saturated carbocycles. The van der Waals surface area contributed by atoms with Crippen LogP contribution in [0.4, 0.5) is 14.5 Å². The summed E-state index contributed by atoms with van der Waals surface area (Å²) in [4.78, 5) is 12.5. The fourth-order valence-electron chi connectivity index (χ4n) is 2.90. The summed E-state index contributed by atoms with van der Waals surface area (Å²) in [6.45, 7) is -0.669. The van der Waals surface area contributed by atoms with Crippen LogP contribution >= 0.6 is 11.6 Å². The maximum Gasteiger partial charge on any atom is 0.243 e. The van der Waals surface area contributed by atoms with Crippen LogP contribution < -0.4 is 10.1 Å². The molecule has 0 unspecified atom stereocenters. The molecule has 0 aliphatic heterocycles. The number of hydrogen-bond acceptors (Lipinski definition) is 4. The van der Waals surface area contributed by atoms with Crippen LogP contribution in [-0.4, -0.2) is 32.3 Å². The number of carbonyl (C=O) groups excluding carboxylic acids is 1. The smallest absolute Gasteiger partial charge is 0.243 e. The largest absolute Gasteiger partial charge is 0.495 e. The van der Waals surface area contributed by atoms with E-state index >= 15 is 0 Å². The summed E-state index contributed by atoms with van der Waals surface area (Å²) in [6.07, 6.45) is 0. The van der Waals surface area contributed by atoms with E-state index in [1.54, 1.807) is 30.3 Å². The molecule has 0 aromatic heterocycles. The van der Waals surface area contributed by atoms with Crippen molar-refractivity contribution >= 4 is 33.2 Å². The molecule has 32 heavy (non-hydrogen) atoms. The molecule has 3 aromatic carbocycles. The number of nitrogens with one attached hydrogen (secondary N) is 1. The third kappa shape index (κ3) is 5.61. The molecule has 0 bridgehead atoms. The van der Waals surface area contributed by atoms with Crippen molar-refractivity contribution < 1.29 is 26.7 Å². The highest BCUT2D eigenvalue weighted by molar-refractivity contribution is 7.89. The molecular formula is C22H19ClF2N2O4S. The van der Waals surface area contributed by atoms with Gasteiger partial charge in [-0.2, -0.15) is 4.31 Å². The van der Waals surface area contributed by atoms with E-state index in [9.17, 15) is 22.0 Å². The number of sulfonamides is 1. The Morgan fingerprint density at radius 2 is 1.75 bits per heavy atom. The average molecular weight is 481 g/mol. The van der Waals surface area contributed by atoms with Crippen molar-refractivity contribution in [2.24, 2.45) is 0 Å². The van der Waals surface area contributed by atoms with Crippen LogP contribution in [0.1, 0.15) is 5.56 Å². The normalized spacial score (nSPS) is 11.4. The maximum atomic E-state index is 13.4. The molecule has 1 N–H and O–H groups in total. The van der Waals surface area contributed by atoms with E-state index in [1.165, 1.54) is 31.4 Å². The van der Waals surface area contributed by atoms with E-state index in [2.05, 4.69) is 5.32 Å². The van der Waals surface area contributed by atoms with Gasteiger partial charge in [0.2, 0.25) is 15.9 Å². The van der Waals surface area contributed by atoms with Gasteiger partial charge in [0.15, 0.2) is 11.6 Å². The van der Waals surface area contributed by atoms with Gasteiger partial charge in [-0.25, -0.2) is 17.2 Å². The van der Waals surface area contributed by atoms with E-state index in [-0.39, 0.29) is 22.2 Å². The molecular weight excluding hydrogens is 462 g/mol. The molecule has 3 rings (SSSR count). The predicted molar refractivity (Wildman–Crippen MR) is 117 cm³/mol. The van der Waals surface area contributed by atoms with E-state index in [0.717, 1.165) is 16.4 Å². The molecule has 0 spiro atoms. The van der Waals surface area contributed by atoms with Gasteiger partial charge in [-0.1, -0.05) is 41.9 Å². The third-order valence-electron chi connectivity index (χ3n) is 4.49. The van der Waals surface area contributed by atoms with E-state index < -0.39 is 34.1 Å². The number of halogens is 3. The molecule has 1 amide bonds. The molecule has 0 aliphatic rings. The van der Waals surface area contributed by atoms with Crippen LogP contribution in [0.15, 0.2) is 71.6 Å². The minimum atomic E-state index is -4.15. The lowest BCUT2D eigenvalue weighted by Gasteiger charge is -2.22. The van der Waals surface area contributed by atoms with Crippen LogP contribution in [-0.2, 0) is 21.4 Å². The minimum Gasteiger partial charge on any atom is -0.495 e. The average Bonchev–Trinajstić information content (AvgIpc) is 2.76. The third-order valence-corrected chi connectivity index (χ3v) is 6.57. The second-order valence-corrected chi connectivity index (χ2v) is 9.08. The fraction of sp³-hybridized carbons (Fsp3) is 0.136. The van der Waals surface area contributed by atoms with Gasteiger partial charge >= 0.3 is 0 Å². The van der Waals surface area contributed by atoms with Crippen molar-refractivity contribution in [3.8, 4) is 5.75 Å². The van der Waals surface area contributed by atoms with Crippen LogP contribution in [0.5, 0.6) is 5.75 Å². The Morgan fingerprint density at radius 1 is 1.03 bits per heavy atom. The Morgan fingerprint density at radius 3 is 2.38 bits per heavy atom. The topological polar surface area (TPSA) is 75.7 Å². The van der Waals surface area contributed by atoms with Gasteiger partial charge < -0.3 is 10.1 Å². The highest BCUT2D eigenvalue weighted by Crippen LogP contribution is 2.29. The second kappa shape index (κ2) is 10.1. The summed E-state index contributed by atoms with van der Waals surface area (Å²) in [7, 11) is -2.75. The van der Waals surface area contributed by atoms with Crippen molar-refractivity contribution in [1.82, 2.24) is 4.31 Å². The van der Waals surface area contributed by atoms with E-state index in [0.29, 0.717) is 11.3 Å². The van der Waals surface area contributed by atoms with Crippen LogP contribution in [0, 0.1) is 11.6 Å². The van der Waals surface area contributed by atoms with Gasteiger partial charge in [-0.15, -0.1) is 0 Å². The van der Waals surface area contributed by atoms with Gasteiger partial charge in [-0.05, 0) is 35.9 Å². The summed E-state index contributed by atoms with van der Waals surface area (Å²) in [5, 5.41) is 2.48. The monoisotopic (exact) mass is 480 g/mol. The maximum absolute atomic E-state index is 13.4. The lowest BCUT2D eigenvalue weighted by atomic mass is 10.2. The summed E-state index contributed by atoms with van der Waals surface area (Å²) >= 11 is 6.09. The van der Waals surface area contributed by atoms with Crippen molar-refractivity contribution in [1.29, 1.82) is 0 Å². The summed E-state index contributed by atoms with van der Waals surface area (Å²) in [6, 6.07) is 15.5. The number of anilines is 1. The first-order valence-corrected chi connectivity index (χ1v) is 11.1. The highest BCUT2D eigenvalue weighted by Gasteiger charge is 2.28. The number of carbonyl (C=O) groups is 1. The Bertz CT molecular complexity index is 1220. The Labute approximate surface area is 189 Å². The van der Waals surface area contributed by atoms with Crippen molar-refractivity contribution in [3.63, 3.8) is 0 Å². The zero-order chi connectivity index (χ0) is 23.3. The molecule has 0 heterocycles. The van der Waals surface area contributed by atoms with Gasteiger partial charge in [0.25, 0.3) is 0 Å². The number of nitrogens with zero attached hydrogens (tertiary/aromatic N) is 1. The Balaban J connectivity index is 1.89. The molecule has 6 nitrogen and oxygen atoms in total. The molecule has 0 radical (unpaired) electrons. The molecule has 0 fully saturated rings. The van der Waals surface area contributed by atoms with E-state index in [4.69, 9.17) is 16.3 Å². The second-order valence-electron chi connectivity index (χ2n) is 6.73. The van der Waals surface area contributed by atoms with Gasteiger partial charge in [0.05, 0.1) is 23.6 Å². The zero-order valence-electron chi connectivity index (χ0n) is 16.9. The number of hydrogen-bond donors (Lipinski definition) is 1. The summed E-state index contributed by atoms with van der Waals surface area (Å²) < 4.78 is 59.2. The lowest BCUT2D eigenvalue weighted by molar-refractivity contribution is -0.116. The fourth-order valence-corrected chi connectivity index (χ4v) is 4.64. The van der Waals surface area contributed by atoms with Crippen molar-refractivity contribution in [2.75, 3.05) is 19.0 Å². The Kier molecular flexibility index (Phi) is 7.44. The SMILES string of the molecule is COc1ccc(S(=O)(=O)N(CC(=O)Nc2ccc(F)c(F)c2)Cc2ccccc2)cc1Cl. The quantitative estimate of drug-likeness (QED) is 0.516. The Hall–Kier alpha value is -3.01. The van der Waals surface area contributed by atoms with Crippen molar-refractivity contribution in [2.45, 2.75) is 11.4 Å². The van der Waals surface area contributed by atoms with Crippen LogP contribution in [0.2, 0.25) is 5.02 Å². The summed E-state index contributed by atoms with van der Waals surface area (Å²) in [5.41, 5.74) is 0.648. The lowest BCUT2D eigenvalue weighted by Crippen LogP contribution is -2.37. The number of benzene rings is 3. The first kappa shape index (κ1) is 23.6. The summed E-state index contributed by atoms with van der Waals surface area (Å²) in [5.74, 6) is -2.62. The molecule has 0 aliphatic carbocycles. The minimum absolute atomic E-state index is 0.00143. The first-order valence-electron chi connectivity index (χ1n) is 9.33. The zero-order valence-corrected chi connectivity index (χ0v) is 18.5.